The highest BCUT2D eigenvalue weighted by Crippen LogP contribution is 2.33. The van der Waals surface area contributed by atoms with Crippen LogP contribution in [0.25, 0.3) is 0 Å². The molecule has 2 aromatic carbocycles. The van der Waals surface area contributed by atoms with E-state index in [-0.39, 0.29) is 0 Å². The second-order valence-corrected chi connectivity index (χ2v) is 5.94. The minimum atomic E-state index is 0.718. The minimum Gasteiger partial charge on any atom is -0.490 e. The summed E-state index contributed by atoms with van der Waals surface area (Å²) in [6, 6.07) is 14.4. The van der Waals surface area contributed by atoms with Crippen LogP contribution >= 0.6 is 15.9 Å². The molecular formula is C17H18BrNO2. The van der Waals surface area contributed by atoms with Crippen LogP contribution in [0.1, 0.15) is 17.5 Å². The molecule has 0 fully saturated rings. The van der Waals surface area contributed by atoms with E-state index < -0.39 is 0 Å². The van der Waals surface area contributed by atoms with E-state index in [2.05, 4.69) is 39.4 Å². The van der Waals surface area contributed by atoms with E-state index in [1.165, 1.54) is 5.56 Å². The predicted molar refractivity (Wildman–Crippen MR) is 86.7 cm³/mol. The Balaban J connectivity index is 1.65. The van der Waals surface area contributed by atoms with Gasteiger partial charge >= 0.3 is 0 Å². The van der Waals surface area contributed by atoms with Crippen LogP contribution in [0.2, 0.25) is 0 Å². The van der Waals surface area contributed by atoms with Gasteiger partial charge < -0.3 is 14.8 Å². The molecule has 2 aromatic rings. The zero-order valence-corrected chi connectivity index (χ0v) is 13.4. The van der Waals surface area contributed by atoms with Crippen LogP contribution in [0.15, 0.2) is 46.9 Å². The molecule has 0 saturated carbocycles. The van der Waals surface area contributed by atoms with Gasteiger partial charge in [-0.2, -0.15) is 0 Å². The van der Waals surface area contributed by atoms with Gasteiger partial charge in [0.1, 0.15) is 0 Å². The average Bonchev–Trinajstić information content (AvgIpc) is 2.73. The molecule has 3 rings (SSSR count). The van der Waals surface area contributed by atoms with Crippen LogP contribution in [0.3, 0.4) is 0 Å². The van der Waals surface area contributed by atoms with Crippen LogP contribution in [0, 0.1) is 0 Å². The number of ether oxygens (including phenoxy) is 2. The fraction of sp³-hybridized carbons (Fsp3) is 0.294. The van der Waals surface area contributed by atoms with Gasteiger partial charge in [0.15, 0.2) is 11.5 Å². The van der Waals surface area contributed by atoms with Gasteiger partial charge in [-0.1, -0.05) is 40.2 Å². The summed E-state index contributed by atoms with van der Waals surface area (Å²) >= 11 is 3.49. The molecule has 0 saturated heterocycles. The van der Waals surface area contributed by atoms with Crippen molar-refractivity contribution >= 4 is 15.9 Å². The maximum atomic E-state index is 5.83. The standard InChI is InChI=1S/C17H18BrNO2/c18-15-6-1-4-13(10-15)11-19-12-14-5-2-7-16-17(14)21-9-3-8-20-16/h1-2,4-7,10,19H,3,8-9,11-12H2. The van der Waals surface area contributed by atoms with E-state index in [0.29, 0.717) is 0 Å². The Morgan fingerprint density at radius 2 is 1.86 bits per heavy atom. The van der Waals surface area contributed by atoms with E-state index in [9.17, 15) is 0 Å². The molecule has 0 atom stereocenters. The third-order valence-corrected chi connectivity index (χ3v) is 3.88. The van der Waals surface area contributed by atoms with Gasteiger partial charge in [-0.15, -0.1) is 0 Å². The van der Waals surface area contributed by atoms with Crippen molar-refractivity contribution in [1.82, 2.24) is 5.32 Å². The lowest BCUT2D eigenvalue weighted by atomic mass is 10.1. The van der Waals surface area contributed by atoms with Crippen molar-refractivity contribution in [3.05, 3.63) is 58.1 Å². The molecule has 1 N–H and O–H groups in total. The molecular weight excluding hydrogens is 330 g/mol. The van der Waals surface area contributed by atoms with Crippen molar-refractivity contribution in [3.8, 4) is 11.5 Å². The van der Waals surface area contributed by atoms with Gasteiger partial charge in [0, 0.05) is 29.5 Å². The second kappa shape index (κ2) is 6.96. The van der Waals surface area contributed by atoms with Crippen molar-refractivity contribution < 1.29 is 9.47 Å². The third-order valence-electron chi connectivity index (χ3n) is 3.39. The molecule has 1 aliphatic rings. The van der Waals surface area contributed by atoms with Crippen LogP contribution in [0.5, 0.6) is 11.5 Å². The molecule has 0 bridgehead atoms. The molecule has 110 valence electrons. The largest absolute Gasteiger partial charge is 0.490 e. The van der Waals surface area contributed by atoms with Gasteiger partial charge in [-0.3, -0.25) is 0 Å². The molecule has 3 nitrogen and oxygen atoms in total. The summed E-state index contributed by atoms with van der Waals surface area (Å²) in [5.41, 5.74) is 2.40. The summed E-state index contributed by atoms with van der Waals surface area (Å²) in [5.74, 6) is 1.74. The number of benzene rings is 2. The highest BCUT2D eigenvalue weighted by molar-refractivity contribution is 9.10. The molecule has 1 heterocycles. The Morgan fingerprint density at radius 1 is 1.00 bits per heavy atom. The molecule has 0 spiro atoms. The van der Waals surface area contributed by atoms with Crippen LogP contribution < -0.4 is 14.8 Å². The monoisotopic (exact) mass is 347 g/mol. The summed E-state index contributed by atoms with van der Waals surface area (Å²) in [7, 11) is 0. The Kier molecular flexibility index (Phi) is 4.78. The number of halogens is 1. The molecule has 0 aromatic heterocycles. The number of hydrogen-bond acceptors (Lipinski definition) is 3. The molecule has 4 heteroatoms. The Morgan fingerprint density at radius 3 is 2.76 bits per heavy atom. The van der Waals surface area contributed by atoms with Crippen molar-refractivity contribution in [1.29, 1.82) is 0 Å². The van der Waals surface area contributed by atoms with Gasteiger partial charge in [-0.05, 0) is 23.8 Å². The van der Waals surface area contributed by atoms with E-state index in [0.717, 1.165) is 54.3 Å². The number of fused-ring (bicyclic) bond motifs is 1. The first-order chi connectivity index (χ1) is 10.3. The number of nitrogens with one attached hydrogen (secondary N) is 1. The zero-order chi connectivity index (χ0) is 14.5. The fourth-order valence-corrected chi connectivity index (χ4v) is 2.83. The van der Waals surface area contributed by atoms with Crippen LogP contribution in [0.4, 0.5) is 0 Å². The zero-order valence-electron chi connectivity index (χ0n) is 11.8. The first-order valence-electron chi connectivity index (χ1n) is 7.15. The van der Waals surface area contributed by atoms with Crippen molar-refractivity contribution in [2.75, 3.05) is 13.2 Å². The van der Waals surface area contributed by atoms with E-state index in [4.69, 9.17) is 9.47 Å². The minimum absolute atomic E-state index is 0.718. The summed E-state index contributed by atoms with van der Waals surface area (Å²) in [6.45, 7) is 3.03. The normalized spacial score (nSPS) is 13.8. The lowest BCUT2D eigenvalue weighted by Crippen LogP contribution is -2.13. The predicted octanol–water partition coefficient (Wildman–Crippen LogP) is 3.90. The topological polar surface area (TPSA) is 30.5 Å². The molecule has 0 amide bonds. The van der Waals surface area contributed by atoms with Gasteiger partial charge in [0.2, 0.25) is 0 Å². The van der Waals surface area contributed by atoms with Gasteiger partial charge in [-0.25, -0.2) is 0 Å². The molecule has 1 aliphatic heterocycles. The maximum Gasteiger partial charge on any atom is 0.165 e. The SMILES string of the molecule is Brc1cccc(CNCc2cccc3c2OCCCO3)c1. The van der Waals surface area contributed by atoms with Gasteiger partial charge in [0.05, 0.1) is 13.2 Å². The molecule has 21 heavy (non-hydrogen) atoms. The summed E-state index contributed by atoms with van der Waals surface area (Å²) < 4.78 is 12.6. The second-order valence-electron chi connectivity index (χ2n) is 5.03. The van der Waals surface area contributed by atoms with Crippen LogP contribution in [-0.2, 0) is 13.1 Å². The van der Waals surface area contributed by atoms with E-state index in [1.807, 2.05) is 24.3 Å². The number of hydrogen-bond donors (Lipinski definition) is 1. The summed E-state index contributed by atoms with van der Waals surface area (Å²) in [4.78, 5) is 0. The third kappa shape index (κ3) is 3.77. The van der Waals surface area contributed by atoms with Crippen LogP contribution in [-0.4, -0.2) is 13.2 Å². The maximum absolute atomic E-state index is 5.83. The summed E-state index contributed by atoms with van der Waals surface area (Å²) in [6.07, 6.45) is 0.930. The Hall–Kier alpha value is -1.52. The highest BCUT2D eigenvalue weighted by Gasteiger charge is 2.13. The molecule has 0 unspecified atom stereocenters. The molecule has 0 radical (unpaired) electrons. The fourth-order valence-electron chi connectivity index (χ4n) is 2.38. The van der Waals surface area contributed by atoms with Crippen molar-refractivity contribution in [3.63, 3.8) is 0 Å². The van der Waals surface area contributed by atoms with E-state index >= 15 is 0 Å². The summed E-state index contributed by atoms with van der Waals surface area (Å²) in [5, 5.41) is 3.46. The first-order valence-corrected chi connectivity index (χ1v) is 7.95. The van der Waals surface area contributed by atoms with E-state index in [1.54, 1.807) is 0 Å². The first kappa shape index (κ1) is 14.4. The highest BCUT2D eigenvalue weighted by atomic mass is 79.9. The van der Waals surface area contributed by atoms with Gasteiger partial charge in [0.25, 0.3) is 0 Å². The Bertz CT molecular complexity index is 615. The Labute approximate surface area is 133 Å². The van der Waals surface area contributed by atoms with Crippen molar-refractivity contribution in [2.45, 2.75) is 19.5 Å². The number of rotatable bonds is 4. The van der Waals surface area contributed by atoms with Crippen molar-refractivity contribution in [2.24, 2.45) is 0 Å². The molecule has 0 aliphatic carbocycles. The smallest absolute Gasteiger partial charge is 0.165 e. The lowest BCUT2D eigenvalue weighted by Gasteiger charge is -2.13. The number of para-hydroxylation sites is 1. The average molecular weight is 348 g/mol. The lowest BCUT2D eigenvalue weighted by molar-refractivity contribution is 0.296. The quantitative estimate of drug-likeness (QED) is 0.909.